The normalized spacial score (nSPS) is 14.7. The third kappa shape index (κ3) is 2.68. The lowest BCUT2D eigenvalue weighted by Gasteiger charge is -2.28. The van der Waals surface area contributed by atoms with Gasteiger partial charge in [-0.3, -0.25) is 4.90 Å². The van der Waals surface area contributed by atoms with Crippen LogP contribution in [0.4, 0.5) is 0 Å². The summed E-state index contributed by atoms with van der Waals surface area (Å²) in [6, 6.07) is 19.0. The Balaban J connectivity index is 1.48. The van der Waals surface area contributed by atoms with E-state index in [4.69, 9.17) is 0 Å². The van der Waals surface area contributed by atoms with E-state index in [1.165, 1.54) is 16.8 Å². The zero-order valence-electron chi connectivity index (χ0n) is 12.5. The number of imidazole rings is 1. The zero-order chi connectivity index (χ0) is 14.8. The summed E-state index contributed by atoms with van der Waals surface area (Å²) in [4.78, 5) is 10.4. The second kappa shape index (κ2) is 5.78. The smallest absolute Gasteiger partial charge is 0.137 e. The van der Waals surface area contributed by atoms with E-state index in [-0.39, 0.29) is 0 Å². The Hall–Kier alpha value is -2.39. The van der Waals surface area contributed by atoms with Crippen LogP contribution >= 0.6 is 0 Å². The maximum Gasteiger partial charge on any atom is 0.137 e. The average molecular weight is 289 g/mol. The molecule has 0 saturated carbocycles. The molecule has 1 N–H and O–H groups in total. The van der Waals surface area contributed by atoms with Gasteiger partial charge < -0.3 is 4.98 Å². The Bertz CT molecular complexity index is 761. The standard InChI is InChI=1S/C19H19N3/c1-2-7-16(8-3-1)19-20-12-18(21-19)14-22-11-10-15-6-4-5-9-17(15)13-22/h1-9,12H,10-11,13-14H2,(H,20,21). The van der Waals surface area contributed by atoms with Gasteiger partial charge in [-0.05, 0) is 17.5 Å². The Morgan fingerprint density at radius 3 is 2.59 bits per heavy atom. The van der Waals surface area contributed by atoms with Gasteiger partial charge >= 0.3 is 0 Å². The van der Waals surface area contributed by atoms with E-state index in [0.717, 1.165) is 37.4 Å². The van der Waals surface area contributed by atoms with Gasteiger partial charge in [-0.25, -0.2) is 4.98 Å². The number of nitrogens with one attached hydrogen (secondary N) is 1. The minimum atomic E-state index is 0.925. The second-order valence-electron chi connectivity index (χ2n) is 5.85. The van der Waals surface area contributed by atoms with Gasteiger partial charge in [0, 0.05) is 37.1 Å². The summed E-state index contributed by atoms with van der Waals surface area (Å²) < 4.78 is 0. The molecule has 0 fully saturated rings. The van der Waals surface area contributed by atoms with Crippen molar-refractivity contribution >= 4 is 0 Å². The minimum Gasteiger partial charge on any atom is -0.341 e. The number of nitrogens with zero attached hydrogens (tertiary/aromatic N) is 2. The molecule has 2 heterocycles. The number of rotatable bonds is 3. The summed E-state index contributed by atoms with van der Waals surface area (Å²) in [6.07, 6.45) is 3.10. The van der Waals surface area contributed by atoms with E-state index in [1.54, 1.807) is 0 Å². The number of hydrogen-bond donors (Lipinski definition) is 1. The quantitative estimate of drug-likeness (QED) is 0.798. The summed E-state index contributed by atoms with van der Waals surface area (Å²) in [7, 11) is 0. The van der Waals surface area contributed by atoms with Crippen LogP contribution in [0.25, 0.3) is 11.4 Å². The monoisotopic (exact) mass is 289 g/mol. The van der Waals surface area contributed by atoms with Crippen LogP contribution in [0.15, 0.2) is 60.8 Å². The SMILES string of the molecule is c1ccc(-c2ncc(CN3CCc4ccccc4C3)[nH]2)cc1. The van der Waals surface area contributed by atoms with E-state index in [2.05, 4.69) is 51.3 Å². The summed E-state index contributed by atoms with van der Waals surface area (Å²) in [6.45, 7) is 3.06. The van der Waals surface area contributed by atoms with Crippen LogP contribution in [0.3, 0.4) is 0 Å². The maximum absolute atomic E-state index is 4.51. The van der Waals surface area contributed by atoms with Crippen molar-refractivity contribution in [3.63, 3.8) is 0 Å². The first-order chi connectivity index (χ1) is 10.9. The number of aromatic amines is 1. The highest BCUT2D eigenvalue weighted by atomic mass is 15.1. The van der Waals surface area contributed by atoms with E-state index < -0.39 is 0 Å². The van der Waals surface area contributed by atoms with Gasteiger partial charge in [-0.2, -0.15) is 0 Å². The molecule has 0 unspecified atom stereocenters. The van der Waals surface area contributed by atoms with E-state index in [1.807, 2.05) is 24.4 Å². The van der Waals surface area contributed by atoms with Crippen molar-refractivity contribution in [3.05, 3.63) is 77.6 Å². The topological polar surface area (TPSA) is 31.9 Å². The lowest BCUT2D eigenvalue weighted by Crippen LogP contribution is -2.30. The fourth-order valence-electron chi connectivity index (χ4n) is 3.11. The molecule has 1 aliphatic heterocycles. The highest BCUT2D eigenvalue weighted by molar-refractivity contribution is 5.54. The molecule has 3 aromatic rings. The fraction of sp³-hybridized carbons (Fsp3) is 0.211. The molecule has 0 atom stereocenters. The molecule has 0 spiro atoms. The maximum atomic E-state index is 4.51. The van der Waals surface area contributed by atoms with Gasteiger partial charge in [0.25, 0.3) is 0 Å². The Morgan fingerprint density at radius 2 is 1.73 bits per heavy atom. The first-order valence-electron chi connectivity index (χ1n) is 7.77. The predicted octanol–water partition coefficient (Wildman–Crippen LogP) is 3.64. The molecule has 110 valence electrons. The van der Waals surface area contributed by atoms with Crippen molar-refractivity contribution in [2.45, 2.75) is 19.5 Å². The minimum absolute atomic E-state index is 0.925. The van der Waals surface area contributed by atoms with Gasteiger partial charge in [0.05, 0.1) is 0 Å². The van der Waals surface area contributed by atoms with Crippen LogP contribution in [-0.4, -0.2) is 21.4 Å². The van der Waals surface area contributed by atoms with Crippen molar-refractivity contribution in [2.75, 3.05) is 6.54 Å². The molecular weight excluding hydrogens is 270 g/mol. The van der Waals surface area contributed by atoms with Crippen LogP contribution in [0.5, 0.6) is 0 Å². The van der Waals surface area contributed by atoms with Gasteiger partial charge in [0.2, 0.25) is 0 Å². The van der Waals surface area contributed by atoms with Crippen molar-refractivity contribution in [2.24, 2.45) is 0 Å². The lowest BCUT2D eigenvalue weighted by molar-refractivity contribution is 0.243. The largest absolute Gasteiger partial charge is 0.341 e. The molecule has 0 amide bonds. The summed E-state index contributed by atoms with van der Waals surface area (Å²) in [5.74, 6) is 0.952. The van der Waals surface area contributed by atoms with Gasteiger partial charge in [0.1, 0.15) is 5.82 Å². The van der Waals surface area contributed by atoms with Crippen molar-refractivity contribution < 1.29 is 0 Å². The molecule has 0 saturated heterocycles. The van der Waals surface area contributed by atoms with Gasteiger partial charge in [0.15, 0.2) is 0 Å². The number of fused-ring (bicyclic) bond motifs is 1. The molecule has 0 aliphatic carbocycles. The van der Waals surface area contributed by atoms with Gasteiger partial charge in [-0.1, -0.05) is 54.6 Å². The molecule has 1 aromatic heterocycles. The predicted molar refractivity (Wildman–Crippen MR) is 88.3 cm³/mol. The third-order valence-electron chi connectivity index (χ3n) is 4.28. The summed E-state index contributed by atoms with van der Waals surface area (Å²) in [5.41, 5.74) is 5.26. The number of H-pyrrole nitrogens is 1. The average Bonchev–Trinajstić information content (AvgIpc) is 3.04. The molecule has 1 aliphatic rings. The summed E-state index contributed by atoms with van der Waals surface area (Å²) >= 11 is 0. The fourth-order valence-corrected chi connectivity index (χ4v) is 3.11. The zero-order valence-corrected chi connectivity index (χ0v) is 12.5. The number of aromatic nitrogens is 2. The van der Waals surface area contributed by atoms with Crippen LogP contribution in [0, 0.1) is 0 Å². The Labute approximate surface area is 130 Å². The van der Waals surface area contributed by atoms with Crippen molar-refractivity contribution in [1.29, 1.82) is 0 Å². The Kier molecular flexibility index (Phi) is 3.49. The second-order valence-corrected chi connectivity index (χ2v) is 5.85. The van der Waals surface area contributed by atoms with Crippen LogP contribution in [0.2, 0.25) is 0 Å². The Morgan fingerprint density at radius 1 is 0.955 bits per heavy atom. The molecule has 2 aromatic carbocycles. The highest BCUT2D eigenvalue weighted by Gasteiger charge is 2.16. The van der Waals surface area contributed by atoms with Crippen molar-refractivity contribution in [3.8, 4) is 11.4 Å². The van der Waals surface area contributed by atoms with Crippen LogP contribution in [-0.2, 0) is 19.5 Å². The highest BCUT2D eigenvalue weighted by Crippen LogP contribution is 2.21. The van der Waals surface area contributed by atoms with Crippen LogP contribution in [0.1, 0.15) is 16.8 Å². The molecule has 22 heavy (non-hydrogen) atoms. The molecule has 3 heteroatoms. The van der Waals surface area contributed by atoms with Crippen molar-refractivity contribution in [1.82, 2.24) is 14.9 Å². The third-order valence-corrected chi connectivity index (χ3v) is 4.28. The molecule has 4 rings (SSSR count). The summed E-state index contributed by atoms with van der Waals surface area (Å²) in [5, 5.41) is 0. The number of hydrogen-bond acceptors (Lipinski definition) is 2. The molecular formula is C19H19N3. The molecule has 0 bridgehead atoms. The van der Waals surface area contributed by atoms with E-state index in [9.17, 15) is 0 Å². The van der Waals surface area contributed by atoms with Gasteiger partial charge in [-0.15, -0.1) is 0 Å². The van der Waals surface area contributed by atoms with E-state index in [0.29, 0.717) is 0 Å². The van der Waals surface area contributed by atoms with Crippen LogP contribution < -0.4 is 0 Å². The first-order valence-corrected chi connectivity index (χ1v) is 7.77. The van der Waals surface area contributed by atoms with E-state index >= 15 is 0 Å². The molecule has 3 nitrogen and oxygen atoms in total. The lowest BCUT2D eigenvalue weighted by atomic mass is 10.00. The number of benzene rings is 2. The first kappa shape index (κ1) is 13.3. The molecule has 0 radical (unpaired) electrons.